The topological polar surface area (TPSA) is 72.0 Å². The van der Waals surface area contributed by atoms with E-state index in [0.29, 0.717) is 36.2 Å². The van der Waals surface area contributed by atoms with Crippen LogP contribution in [0.2, 0.25) is 0 Å². The third-order valence-electron chi connectivity index (χ3n) is 3.58. The third kappa shape index (κ3) is 3.42. The Morgan fingerprint density at radius 1 is 1.18 bits per heavy atom. The molecule has 22 heavy (non-hydrogen) atoms. The minimum Gasteiger partial charge on any atom is -0.465 e. The number of hydrogen-bond donors (Lipinski definition) is 1. The van der Waals surface area contributed by atoms with Crippen LogP contribution >= 0.6 is 0 Å². The number of aryl methyl sites for hydroxylation is 2. The fourth-order valence-electron chi connectivity index (χ4n) is 2.32. The van der Waals surface area contributed by atoms with Crippen molar-refractivity contribution in [1.29, 1.82) is 0 Å². The number of ether oxygens (including phenoxy) is 1. The van der Waals surface area contributed by atoms with E-state index in [9.17, 15) is 9.59 Å². The molecule has 0 spiro atoms. The molecule has 5 heteroatoms. The van der Waals surface area contributed by atoms with Crippen LogP contribution in [0.5, 0.6) is 0 Å². The summed E-state index contributed by atoms with van der Waals surface area (Å²) >= 11 is 0. The number of benzene rings is 1. The molecule has 0 saturated carbocycles. The molecule has 0 bridgehead atoms. The molecule has 0 atom stereocenters. The highest BCUT2D eigenvalue weighted by atomic mass is 16.5. The van der Waals surface area contributed by atoms with Gasteiger partial charge < -0.3 is 9.72 Å². The van der Waals surface area contributed by atoms with E-state index < -0.39 is 0 Å². The summed E-state index contributed by atoms with van der Waals surface area (Å²) in [6.07, 6.45) is 1.92. The zero-order valence-electron chi connectivity index (χ0n) is 13.1. The number of rotatable bonds is 5. The van der Waals surface area contributed by atoms with Gasteiger partial charge in [-0.25, -0.2) is 9.78 Å². The molecule has 2 rings (SSSR count). The van der Waals surface area contributed by atoms with Crippen LogP contribution in [0.15, 0.2) is 29.1 Å². The lowest BCUT2D eigenvalue weighted by Crippen LogP contribution is -2.20. The lowest BCUT2D eigenvalue weighted by molar-refractivity contribution is 0.0600. The summed E-state index contributed by atoms with van der Waals surface area (Å²) in [5.74, 6) is 0.347. The van der Waals surface area contributed by atoms with Crippen LogP contribution in [-0.4, -0.2) is 23.0 Å². The fourth-order valence-corrected chi connectivity index (χ4v) is 2.32. The van der Waals surface area contributed by atoms with Crippen molar-refractivity contribution in [3.63, 3.8) is 0 Å². The Kier molecular flexibility index (Phi) is 5.09. The summed E-state index contributed by atoms with van der Waals surface area (Å²) in [6, 6.07) is 7.07. The fraction of sp³-hybridized carbons (Fsp3) is 0.353. The highest BCUT2D eigenvalue weighted by molar-refractivity contribution is 5.89. The molecule has 0 aliphatic heterocycles. The quantitative estimate of drug-likeness (QED) is 0.860. The van der Waals surface area contributed by atoms with Gasteiger partial charge in [-0.3, -0.25) is 4.79 Å². The average molecular weight is 300 g/mol. The first kappa shape index (κ1) is 15.9. The number of carbonyl (C=O) groups excluding carboxylic acids is 1. The van der Waals surface area contributed by atoms with Crippen LogP contribution in [0.3, 0.4) is 0 Å². The highest BCUT2D eigenvalue weighted by Gasteiger charge is 2.11. The maximum Gasteiger partial charge on any atom is 0.337 e. The third-order valence-corrected chi connectivity index (χ3v) is 3.58. The molecule has 2 aromatic rings. The van der Waals surface area contributed by atoms with Gasteiger partial charge in [0, 0.05) is 18.4 Å². The molecule has 1 heterocycles. The van der Waals surface area contributed by atoms with E-state index in [1.807, 2.05) is 26.0 Å². The van der Waals surface area contributed by atoms with Crippen LogP contribution in [-0.2, 0) is 24.0 Å². The number of nitrogens with zero attached hydrogens (tertiary/aromatic N) is 1. The molecule has 0 radical (unpaired) electrons. The van der Waals surface area contributed by atoms with Gasteiger partial charge in [0.05, 0.1) is 18.4 Å². The number of esters is 1. The maximum atomic E-state index is 12.2. The first-order valence-electron chi connectivity index (χ1n) is 7.37. The molecule has 0 amide bonds. The summed E-state index contributed by atoms with van der Waals surface area (Å²) in [7, 11) is 1.35. The summed E-state index contributed by atoms with van der Waals surface area (Å²) in [6.45, 7) is 3.95. The van der Waals surface area contributed by atoms with Crippen LogP contribution in [0.4, 0.5) is 0 Å². The van der Waals surface area contributed by atoms with E-state index >= 15 is 0 Å². The monoisotopic (exact) mass is 300 g/mol. The average Bonchev–Trinajstić information content (AvgIpc) is 2.56. The van der Waals surface area contributed by atoms with Crippen LogP contribution in [0, 0.1) is 0 Å². The molecule has 116 valence electrons. The second-order valence-electron chi connectivity index (χ2n) is 5.01. The normalized spacial score (nSPS) is 10.5. The SMILES string of the molecule is CCc1nc(CC)c(Cc2ccc(C(=O)OC)cc2)c(=O)[nH]1. The predicted molar refractivity (Wildman–Crippen MR) is 84.2 cm³/mol. The number of aromatic amines is 1. The lowest BCUT2D eigenvalue weighted by atomic mass is 10.0. The van der Waals surface area contributed by atoms with Gasteiger partial charge in [0.25, 0.3) is 5.56 Å². The molecule has 0 aliphatic rings. The molecule has 5 nitrogen and oxygen atoms in total. The predicted octanol–water partition coefficient (Wildman–Crippen LogP) is 2.27. The summed E-state index contributed by atoms with van der Waals surface area (Å²) < 4.78 is 4.67. The Morgan fingerprint density at radius 3 is 2.41 bits per heavy atom. The van der Waals surface area contributed by atoms with Crippen molar-refractivity contribution >= 4 is 5.97 Å². The molecule has 0 unspecified atom stereocenters. The Hall–Kier alpha value is -2.43. The molecule has 1 aromatic heterocycles. The first-order valence-corrected chi connectivity index (χ1v) is 7.37. The van der Waals surface area contributed by atoms with Gasteiger partial charge in [0.2, 0.25) is 0 Å². The number of nitrogens with one attached hydrogen (secondary N) is 1. The smallest absolute Gasteiger partial charge is 0.337 e. The Labute approximate surface area is 129 Å². The second-order valence-corrected chi connectivity index (χ2v) is 5.01. The van der Waals surface area contributed by atoms with Crippen LogP contribution < -0.4 is 5.56 Å². The van der Waals surface area contributed by atoms with Crippen LogP contribution in [0.1, 0.15) is 46.9 Å². The van der Waals surface area contributed by atoms with E-state index in [0.717, 1.165) is 11.3 Å². The molecule has 0 fully saturated rings. The molecule has 1 aromatic carbocycles. The standard InChI is InChI=1S/C17H20N2O3/c1-4-14-13(16(20)19-15(5-2)18-14)10-11-6-8-12(9-7-11)17(21)22-3/h6-9H,4-5,10H2,1-3H3,(H,18,19,20). The van der Waals surface area contributed by atoms with Crippen molar-refractivity contribution in [2.24, 2.45) is 0 Å². The van der Waals surface area contributed by atoms with Gasteiger partial charge in [0.15, 0.2) is 0 Å². The molecular weight excluding hydrogens is 280 g/mol. The molecule has 1 N–H and O–H groups in total. The number of H-pyrrole nitrogens is 1. The van der Waals surface area contributed by atoms with Crippen molar-refractivity contribution in [1.82, 2.24) is 9.97 Å². The van der Waals surface area contributed by atoms with Crippen molar-refractivity contribution < 1.29 is 9.53 Å². The number of hydrogen-bond acceptors (Lipinski definition) is 4. The minimum atomic E-state index is -0.368. The zero-order valence-corrected chi connectivity index (χ0v) is 13.1. The summed E-state index contributed by atoms with van der Waals surface area (Å²) in [5.41, 5.74) is 2.89. The van der Waals surface area contributed by atoms with E-state index in [1.54, 1.807) is 12.1 Å². The summed E-state index contributed by atoms with van der Waals surface area (Å²) in [5, 5.41) is 0. The lowest BCUT2D eigenvalue weighted by Gasteiger charge is -2.09. The minimum absolute atomic E-state index is 0.0826. The summed E-state index contributed by atoms with van der Waals surface area (Å²) in [4.78, 5) is 31.0. The maximum absolute atomic E-state index is 12.2. The highest BCUT2D eigenvalue weighted by Crippen LogP contribution is 2.12. The number of methoxy groups -OCH3 is 1. The Bertz CT molecular complexity index is 718. The Morgan fingerprint density at radius 2 is 1.86 bits per heavy atom. The zero-order chi connectivity index (χ0) is 16.1. The number of aromatic nitrogens is 2. The van der Waals surface area contributed by atoms with E-state index in [-0.39, 0.29) is 11.5 Å². The molecule has 0 saturated heterocycles. The van der Waals surface area contributed by atoms with Crippen molar-refractivity contribution in [3.05, 3.63) is 62.8 Å². The van der Waals surface area contributed by atoms with Gasteiger partial charge in [-0.2, -0.15) is 0 Å². The van der Waals surface area contributed by atoms with Crippen molar-refractivity contribution in [3.8, 4) is 0 Å². The molecule has 0 aliphatic carbocycles. The number of carbonyl (C=O) groups is 1. The van der Waals surface area contributed by atoms with Crippen molar-refractivity contribution in [2.45, 2.75) is 33.1 Å². The van der Waals surface area contributed by atoms with E-state index in [1.165, 1.54) is 7.11 Å². The van der Waals surface area contributed by atoms with Crippen molar-refractivity contribution in [2.75, 3.05) is 7.11 Å². The van der Waals surface area contributed by atoms with Gasteiger partial charge in [-0.05, 0) is 24.1 Å². The van der Waals surface area contributed by atoms with Crippen LogP contribution in [0.25, 0.3) is 0 Å². The largest absolute Gasteiger partial charge is 0.465 e. The van der Waals surface area contributed by atoms with E-state index in [2.05, 4.69) is 14.7 Å². The molecular formula is C17H20N2O3. The van der Waals surface area contributed by atoms with Gasteiger partial charge in [-0.15, -0.1) is 0 Å². The van der Waals surface area contributed by atoms with Gasteiger partial charge >= 0.3 is 5.97 Å². The first-order chi connectivity index (χ1) is 10.6. The van der Waals surface area contributed by atoms with Gasteiger partial charge in [-0.1, -0.05) is 26.0 Å². The van der Waals surface area contributed by atoms with E-state index in [4.69, 9.17) is 0 Å². The Balaban J connectivity index is 2.31. The van der Waals surface area contributed by atoms with Gasteiger partial charge in [0.1, 0.15) is 5.82 Å². The second kappa shape index (κ2) is 7.02.